The third kappa shape index (κ3) is 5.70. The maximum atomic E-state index is 12.8. The summed E-state index contributed by atoms with van der Waals surface area (Å²) in [5.74, 6) is 0.242. The number of ether oxygens (including phenoxy) is 1. The van der Waals surface area contributed by atoms with Gasteiger partial charge in [-0.05, 0) is 49.7 Å². The molecular formula is C25H26N2O3. The number of anilines is 1. The van der Waals surface area contributed by atoms with Crippen molar-refractivity contribution in [2.45, 2.75) is 26.5 Å². The zero-order valence-corrected chi connectivity index (χ0v) is 17.5. The molecule has 1 unspecified atom stereocenters. The molecule has 0 aliphatic rings. The van der Waals surface area contributed by atoms with Crippen molar-refractivity contribution in [3.8, 4) is 5.75 Å². The molecule has 3 rings (SSSR count). The van der Waals surface area contributed by atoms with E-state index in [0.717, 1.165) is 11.1 Å². The second-order valence-electron chi connectivity index (χ2n) is 7.29. The minimum Gasteiger partial charge on any atom is -0.481 e. The lowest BCUT2D eigenvalue weighted by molar-refractivity contribution is -0.122. The molecule has 30 heavy (non-hydrogen) atoms. The van der Waals surface area contributed by atoms with Gasteiger partial charge in [0.05, 0.1) is 0 Å². The smallest absolute Gasteiger partial charge is 0.265 e. The number of benzene rings is 3. The molecule has 0 bridgehead atoms. The second-order valence-corrected chi connectivity index (χ2v) is 7.29. The van der Waals surface area contributed by atoms with E-state index in [-0.39, 0.29) is 11.8 Å². The van der Waals surface area contributed by atoms with Crippen LogP contribution in [0.3, 0.4) is 0 Å². The van der Waals surface area contributed by atoms with Gasteiger partial charge in [0, 0.05) is 24.8 Å². The van der Waals surface area contributed by atoms with Crippen LogP contribution >= 0.6 is 0 Å². The third-order valence-corrected chi connectivity index (χ3v) is 4.69. The van der Waals surface area contributed by atoms with Crippen molar-refractivity contribution in [2.24, 2.45) is 0 Å². The molecule has 0 saturated carbocycles. The predicted octanol–water partition coefficient (Wildman–Crippen LogP) is 4.67. The standard InChI is InChI=1S/C25H26N2O3/c1-18-12-14-23(15-13-18)30-19(2)24(28)26-22-11-7-10-21(16-22)25(29)27(3)17-20-8-5-4-6-9-20/h4-16,19H,17H2,1-3H3,(H,26,28). The summed E-state index contributed by atoms with van der Waals surface area (Å²) in [7, 11) is 1.76. The summed E-state index contributed by atoms with van der Waals surface area (Å²) < 4.78 is 5.70. The van der Waals surface area contributed by atoms with Crippen LogP contribution in [0.25, 0.3) is 0 Å². The fourth-order valence-corrected chi connectivity index (χ4v) is 3.00. The molecule has 0 saturated heterocycles. The minimum absolute atomic E-state index is 0.112. The van der Waals surface area contributed by atoms with Gasteiger partial charge in [0.15, 0.2) is 6.10 Å². The Morgan fingerprint density at radius 2 is 1.67 bits per heavy atom. The highest BCUT2D eigenvalue weighted by Crippen LogP contribution is 2.16. The average Bonchev–Trinajstić information content (AvgIpc) is 2.75. The second kappa shape index (κ2) is 9.74. The molecule has 2 amide bonds. The number of nitrogens with one attached hydrogen (secondary N) is 1. The highest BCUT2D eigenvalue weighted by molar-refractivity contribution is 5.98. The first-order valence-corrected chi connectivity index (χ1v) is 9.86. The van der Waals surface area contributed by atoms with Gasteiger partial charge in [0.2, 0.25) is 0 Å². The minimum atomic E-state index is -0.673. The lowest BCUT2D eigenvalue weighted by Gasteiger charge is -2.18. The largest absolute Gasteiger partial charge is 0.481 e. The normalized spacial score (nSPS) is 11.4. The molecule has 5 nitrogen and oxygen atoms in total. The summed E-state index contributed by atoms with van der Waals surface area (Å²) in [5, 5.41) is 2.82. The van der Waals surface area contributed by atoms with Crippen LogP contribution in [0.15, 0.2) is 78.9 Å². The van der Waals surface area contributed by atoms with E-state index in [1.54, 1.807) is 43.1 Å². The number of hydrogen-bond acceptors (Lipinski definition) is 3. The van der Waals surface area contributed by atoms with Crippen molar-refractivity contribution in [3.63, 3.8) is 0 Å². The van der Waals surface area contributed by atoms with Gasteiger partial charge in [-0.2, -0.15) is 0 Å². The summed E-state index contributed by atoms with van der Waals surface area (Å²) in [6, 6.07) is 24.3. The molecule has 1 atom stereocenters. The van der Waals surface area contributed by atoms with Crippen molar-refractivity contribution in [3.05, 3.63) is 95.6 Å². The Morgan fingerprint density at radius 3 is 2.37 bits per heavy atom. The lowest BCUT2D eigenvalue weighted by Crippen LogP contribution is -2.30. The van der Waals surface area contributed by atoms with Gasteiger partial charge in [-0.25, -0.2) is 0 Å². The van der Waals surface area contributed by atoms with Crippen molar-refractivity contribution in [1.29, 1.82) is 0 Å². The quantitative estimate of drug-likeness (QED) is 0.625. The molecule has 3 aromatic carbocycles. The summed E-state index contributed by atoms with van der Waals surface area (Å²) in [6.07, 6.45) is -0.673. The molecule has 1 N–H and O–H groups in total. The van der Waals surface area contributed by atoms with E-state index >= 15 is 0 Å². The maximum absolute atomic E-state index is 12.8. The summed E-state index contributed by atoms with van der Waals surface area (Å²) in [6.45, 7) is 4.20. The number of aryl methyl sites for hydroxylation is 1. The van der Waals surface area contributed by atoms with Gasteiger partial charge in [0.25, 0.3) is 11.8 Å². The average molecular weight is 402 g/mol. The molecule has 0 radical (unpaired) electrons. The monoisotopic (exact) mass is 402 g/mol. The van der Waals surface area contributed by atoms with Gasteiger partial charge in [-0.1, -0.05) is 54.1 Å². The number of rotatable bonds is 7. The van der Waals surface area contributed by atoms with Gasteiger partial charge in [0.1, 0.15) is 5.75 Å². The lowest BCUT2D eigenvalue weighted by atomic mass is 10.1. The number of carbonyl (C=O) groups excluding carboxylic acids is 2. The van der Waals surface area contributed by atoms with Crippen LogP contribution < -0.4 is 10.1 Å². The Hall–Kier alpha value is -3.60. The molecule has 154 valence electrons. The van der Waals surface area contributed by atoms with E-state index < -0.39 is 6.10 Å². The molecule has 0 aliphatic heterocycles. The zero-order chi connectivity index (χ0) is 21.5. The molecule has 0 aromatic heterocycles. The fraction of sp³-hybridized carbons (Fsp3) is 0.200. The van der Waals surface area contributed by atoms with Crippen LogP contribution in [0.5, 0.6) is 5.75 Å². The van der Waals surface area contributed by atoms with Crippen molar-refractivity contribution in [1.82, 2.24) is 4.90 Å². The highest BCUT2D eigenvalue weighted by atomic mass is 16.5. The Morgan fingerprint density at radius 1 is 0.967 bits per heavy atom. The van der Waals surface area contributed by atoms with Crippen molar-refractivity contribution >= 4 is 17.5 Å². The Balaban J connectivity index is 1.62. The Labute approximate surface area is 177 Å². The highest BCUT2D eigenvalue weighted by Gasteiger charge is 2.17. The molecule has 0 aliphatic carbocycles. The number of carbonyl (C=O) groups is 2. The summed E-state index contributed by atoms with van der Waals surface area (Å²) >= 11 is 0. The van der Waals surface area contributed by atoms with E-state index in [4.69, 9.17) is 4.74 Å². The summed E-state index contributed by atoms with van der Waals surface area (Å²) in [4.78, 5) is 26.9. The predicted molar refractivity (Wildman–Crippen MR) is 119 cm³/mol. The first-order valence-electron chi connectivity index (χ1n) is 9.86. The third-order valence-electron chi connectivity index (χ3n) is 4.69. The summed E-state index contributed by atoms with van der Waals surface area (Å²) in [5.41, 5.74) is 3.25. The van der Waals surface area contributed by atoms with Gasteiger partial charge >= 0.3 is 0 Å². The van der Waals surface area contributed by atoms with Crippen LogP contribution in [0, 0.1) is 6.92 Å². The molecular weight excluding hydrogens is 376 g/mol. The SMILES string of the molecule is Cc1ccc(OC(C)C(=O)Nc2cccc(C(=O)N(C)Cc3ccccc3)c2)cc1. The molecule has 0 fully saturated rings. The van der Waals surface area contributed by atoms with Crippen LogP contribution in [0.2, 0.25) is 0 Å². The topological polar surface area (TPSA) is 58.6 Å². The van der Waals surface area contributed by atoms with Crippen molar-refractivity contribution < 1.29 is 14.3 Å². The van der Waals surface area contributed by atoms with Gasteiger partial charge < -0.3 is 15.0 Å². The van der Waals surface area contributed by atoms with Gasteiger partial charge in [-0.3, -0.25) is 9.59 Å². The Kier molecular flexibility index (Phi) is 6.86. The van der Waals surface area contributed by atoms with Gasteiger partial charge in [-0.15, -0.1) is 0 Å². The Bertz CT molecular complexity index is 1000. The van der Waals surface area contributed by atoms with Crippen LogP contribution in [0.4, 0.5) is 5.69 Å². The first kappa shape index (κ1) is 21.1. The van der Waals surface area contributed by atoms with E-state index in [2.05, 4.69) is 5.32 Å². The molecule has 3 aromatic rings. The van der Waals surface area contributed by atoms with Crippen LogP contribution in [0.1, 0.15) is 28.4 Å². The van der Waals surface area contributed by atoms with Crippen molar-refractivity contribution in [2.75, 3.05) is 12.4 Å². The fourth-order valence-electron chi connectivity index (χ4n) is 3.00. The molecule has 0 heterocycles. The van der Waals surface area contributed by atoms with E-state index in [9.17, 15) is 9.59 Å². The maximum Gasteiger partial charge on any atom is 0.265 e. The van der Waals surface area contributed by atoms with Crippen LogP contribution in [-0.2, 0) is 11.3 Å². The van der Waals surface area contributed by atoms with E-state index in [1.165, 1.54) is 0 Å². The molecule has 5 heteroatoms. The van der Waals surface area contributed by atoms with Crippen LogP contribution in [-0.4, -0.2) is 29.9 Å². The molecule has 0 spiro atoms. The number of hydrogen-bond donors (Lipinski definition) is 1. The number of nitrogens with zero attached hydrogens (tertiary/aromatic N) is 1. The van der Waals surface area contributed by atoms with E-state index in [1.807, 2.05) is 61.5 Å². The zero-order valence-electron chi connectivity index (χ0n) is 17.5. The first-order chi connectivity index (χ1) is 14.4. The van der Waals surface area contributed by atoms with E-state index in [0.29, 0.717) is 23.5 Å². The number of amides is 2.